The number of fused-ring (bicyclic) bond motifs is 1. The van der Waals surface area contributed by atoms with Gasteiger partial charge in [0.15, 0.2) is 0 Å². The Morgan fingerprint density at radius 1 is 1.05 bits per heavy atom. The fourth-order valence-electron chi connectivity index (χ4n) is 2.28. The summed E-state index contributed by atoms with van der Waals surface area (Å²) < 4.78 is 15.9. The summed E-state index contributed by atoms with van der Waals surface area (Å²) in [6.45, 7) is 0. The van der Waals surface area contributed by atoms with Gasteiger partial charge in [0.25, 0.3) is 0 Å². The number of hydrogen-bond acceptors (Lipinski definition) is 1. The van der Waals surface area contributed by atoms with Crippen molar-refractivity contribution in [3.63, 3.8) is 0 Å². The molecule has 2 aromatic carbocycles. The lowest BCUT2D eigenvalue weighted by Gasteiger charge is -2.10. The Morgan fingerprint density at radius 2 is 1.76 bits per heavy atom. The Kier molecular flexibility index (Phi) is 4.07. The molecule has 0 aliphatic rings. The first-order chi connectivity index (χ1) is 10.1. The van der Waals surface area contributed by atoms with E-state index in [0.717, 1.165) is 11.0 Å². The predicted molar refractivity (Wildman–Crippen MR) is 85.5 cm³/mol. The summed E-state index contributed by atoms with van der Waals surface area (Å²) in [6.07, 6.45) is 0.514. The van der Waals surface area contributed by atoms with E-state index >= 15 is 0 Å². The molecule has 1 aromatic heterocycles. The first-order valence-electron chi connectivity index (χ1n) is 6.28. The van der Waals surface area contributed by atoms with E-state index in [1.54, 1.807) is 28.8 Å². The first kappa shape index (κ1) is 14.6. The first-order valence-corrected chi connectivity index (χ1v) is 7.57. The molecule has 3 aromatic rings. The van der Waals surface area contributed by atoms with Crippen molar-refractivity contribution in [2.75, 3.05) is 5.88 Å². The number of rotatable bonds is 3. The highest BCUT2D eigenvalue weighted by molar-refractivity contribution is 6.31. The van der Waals surface area contributed by atoms with E-state index in [1.807, 2.05) is 0 Å². The van der Waals surface area contributed by atoms with Gasteiger partial charge >= 0.3 is 0 Å². The molecule has 0 bridgehead atoms. The molecule has 0 aliphatic carbocycles. The van der Waals surface area contributed by atoms with Gasteiger partial charge in [-0.15, -0.1) is 11.6 Å². The molecule has 2 nitrogen and oxygen atoms in total. The second kappa shape index (κ2) is 5.84. The standard InChI is InChI=1S/C15H10Cl3FN2/c16-6-5-15-20-12-4-2-10(18)8-14(12)21(15)13-7-9(17)1-3-11(13)19/h1-4,7-8H,5-6H2. The molecule has 0 aliphatic heterocycles. The van der Waals surface area contributed by atoms with Crippen LogP contribution in [-0.2, 0) is 6.42 Å². The van der Waals surface area contributed by atoms with Gasteiger partial charge in [-0.3, -0.25) is 4.57 Å². The van der Waals surface area contributed by atoms with Crippen molar-refractivity contribution in [1.82, 2.24) is 9.55 Å². The van der Waals surface area contributed by atoms with Gasteiger partial charge in [0.05, 0.1) is 16.7 Å². The zero-order valence-corrected chi connectivity index (χ0v) is 13.1. The van der Waals surface area contributed by atoms with Crippen LogP contribution < -0.4 is 0 Å². The Labute approximate surface area is 136 Å². The van der Waals surface area contributed by atoms with Gasteiger partial charge in [-0.1, -0.05) is 23.2 Å². The van der Waals surface area contributed by atoms with Gasteiger partial charge < -0.3 is 0 Å². The molecule has 108 valence electrons. The molecule has 1 heterocycles. The minimum Gasteiger partial charge on any atom is -0.293 e. The van der Waals surface area contributed by atoms with Gasteiger partial charge in [-0.05, 0) is 36.4 Å². The van der Waals surface area contributed by atoms with Crippen LogP contribution in [-0.4, -0.2) is 15.4 Å². The zero-order valence-electron chi connectivity index (χ0n) is 10.8. The molecule has 0 spiro atoms. The second-order valence-corrected chi connectivity index (χ2v) is 5.78. The van der Waals surface area contributed by atoms with Gasteiger partial charge in [-0.2, -0.15) is 0 Å². The molecule has 0 amide bonds. The van der Waals surface area contributed by atoms with E-state index in [2.05, 4.69) is 4.98 Å². The van der Waals surface area contributed by atoms with E-state index in [9.17, 15) is 4.39 Å². The molecule has 0 radical (unpaired) electrons. The third-order valence-corrected chi connectivity index (χ3v) is 3.81. The number of alkyl halides is 1. The molecule has 0 saturated carbocycles. The van der Waals surface area contributed by atoms with E-state index in [-0.39, 0.29) is 5.82 Å². The van der Waals surface area contributed by atoms with E-state index < -0.39 is 0 Å². The topological polar surface area (TPSA) is 17.8 Å². The van der Waals surface area contributed by atoms with Crippen molar-refractivity contribution in [2.45, 2.75) is 6.42 Å². The van der Waals surface area contributed by atoms with Crippen molar-refractivity contribution in [3.8, 4) is 5.69 Å². The molecule has 3 rings (SSSR count). The molecular weight excluding hydrogens is 334 g/mol. The van der Waals surface area contributed by atoms with Gasteiger partial charge in [0, 0.05) is 22.3 Å². The van der Waals surface area contributed by atoms with Crippen LogP contribution in [0.5, 0.6) is 0 Å². The normalized spacial score (nSPS) is 11.2. The van der Waals surface area contributed by atoms with Crippen molar-refractivity contribution in [2.24, 2.45) is 0 Å². The van der Waals surface area contributed by atoms with Crippen molar-refractivity contribution in [1.29, 1.82) is 0 Å². The summed E-state index contributed by atoms with van der Waals surface area (Å²) in [5.41, 5.74) is 1.80. The minimum atomic E-state index is -0.380. The second-order valence-electron chi connectivity index (χ2n) is 4.53. The smallest absolute Gasteiger partial charge is 0.147 e. The summed E-state index contributed by atoms with van der Waals surface area (Å²) in [6, 6.07) is 9.71. The average Bonchev–Trinajstić information content (AvgIpc) is 2.79. The molecule has 6 heteroatoms. The SMILES string of the molecule is Fc1ccc(Cl)cc1-n1c(CCCl)nc2ccc(Cl)cc21. The van der Waals surface area contributed by atoms with Gasteiger partial charge in [-0.25, -0.2) is 9.37 Å². The number of nitrogens with zero attached hydrogens (tertiary/aromatic N) is 2. The Bertz CT molecular complexity index is 814. The largest absolute Gasteiger partial charge is 0.293 e. The van der Waals surface area contributed by atoms with Gasteiger partial charge in [0.2, 0.25) is 0 Å². The van der Waals surface area contributed by atoms with Crippen molar-refractivity contribution < 1.29 is 4.39 Å². The molecular formula is C15H10Cl3FN2. The maximum Gasteiger partial charge on any atom is 0.147 e. The lowest BCUT2D eigenvalue weighted by Crippen LogP contribution is -2.04. The van der Waals surface area contributed by atoms with Crippen LogP contribution in [0.2, 0.25) is 10.0 Å². The molecule has 0 atom stereocenters. The predicted octanol–water partition coefficient (Wildman–Crippen LogP) is 5.25. The van der Waals surface area contributed by atoms with Crippen LogP contribution in [0.25, 0.3) is 16.7 Å². The number of hydrogen-bond donors (Lipinski definition) is 0. The summed E-state index contributed by atoms with van der Waals surface area (Å²) in [7, 11) is 0. The van der Waals surface area contributed by atoms with E-state index in [4.69, 9.17) is 34.8 Å². The zero-order chi connectivity index (χ0) is 15.0. The fourth-order valence-corrected chi connectivity index (χ4v) is 2.78. The van der Waals surface area contributed by atoms with Crippen LogP contribution in [0.15, 0.2) is 36.4 Å². The quantitative estimate of drug-likeness (QED) is 0.594. The molecule has 21 heavy (non-hydrogen) atoms. The third-order valence-electron chi connectivity index (χ3n) is 3.15. The number of halogens is 4. The van der Waals surface area contributed by atoms with Crippen LogP contribution in [0.1, 0.15) is 5.82 Å². The van der Waals surface area contributed by atoms with Crippen LogP contribution in [0.4, 0.5) is 4.39 Å². The highest BCUT2D eigenvalue weighted by Crippen LogP contribution is 2.28. The maximum atomic E-state index is 14.2. The number of aryl methyl sites for hydroxylation is 1. The Balaban J connectivity index is 2.35. The summed E-state index contributed by atoms with van der Waals surface area (Å²) in [5.74, 6) is 0.678. The molecule has 0 unspecified atom stereocenters. The van der Waals surface area contributed by atoms with Gasteiger partial charge in [0.1, 0.15) is 11.6 Å². The Morgan fingerprint density at radius 3 is 2.52 bits per heavy atom. The molecule has 0 saturated heterocycles. The average molecular weight is 344 g/mol. The van der Waals surface area contributed by atoms with Crippen LogP contribution in [0, 0.1) is 5.82 Å². The van der Waals surface area contributed by atoms with Crippen LogP contribution in [0.3, 0.4) is 0 Å². The minimum absolute atomic E-state index is 0.340. The maximum absolute atomic E-state index is 14.2. The molecule has 0 fully saturated rings. The number of benzene rings is 2. The monoisotopic (exact) mass is 342 g/mol. The van der Waals surface area contributed by atoms with E-state index in [0.29, 0.717) is 33.9 Å². The lowest BCUT2D eigenvalue weighted by molar-refractivity contribution is 0.617. The highest BCUT2D eigenvalue weighted by Gasteiger charge is 2.15. The number of aromatic nitrogens is 2. The Hall–Kier alpha value is -1.29. The summed E-state index contributed by atoms with van der Waals surface area (Å²) in [5, 5.41) is 1.01. The fraction of sp³-hybridized carbons (Fsp3) is 0.133. The third kappa shape index (κ3) is 2.73. The number of imidazole rings is 1. The van der Waals surface area contributed by atoms with Crippen molar-refractivity contribution in [3.05, 3.63) is 58.1 Å². The summed E-state index contributed by atoms with van der Waals surface area (Å²) >= 11 is 17.9. The van der Waals surface area contributed by atoms with E-state index in [1.165, 1.54) is 12.1 Å². The molecule has 0 N–H and O–H groups in total. The highest BCUT2D eigenvalue weighted by atomic mass is 35.5. The summed E-state index contributed by atoms with van der Waals surface area (Å²) in [4.78, 5) is 4.50. The van der Waals surface area contributed by atoms with Crippen LogP contribution >= 0.6 is 34.8 Å². The van der Waals surface area contributed by atoms with Crippen molar-refractivity contribution >= 4 is 45.8 Å². The lowest BCUT2D eigenvalue weighted by atomic mass is 10.2.